The number of nitro benzene ring substituents is 1. The van der Waals surface area contributed by atoms with Gasteiger partial charge in [0, 0.05) is 17.2 Å². The van der Waals surface area contributed by atoms with Crippen LogP contribution in [0.2, 0.25) is 0 Å². The normalized spacial score (nSPS) is 11.3. The van der Waals surface area contributed by atoms with E-state index in [9.17, 15) is 10.1 Å². The van der Waals surface area contributed by atoms with Gasteiger partial charge in [-0.15, -0.1) is 0 Å². The molecule has 0 heterocycles. The molecule has 0 bridgehead atoms. The van der Waals surface area contributed by atoms with E-state index in [0.717, 1.165) is 11.1 Å². The summed E-state index contributed by atoms with van der Waals surface area (Å²) in [7, 11) is 0. The number of nitro groups is 1. The van der Waals surface area contributed by atoms with Crippen LogP contribution in [-0.2, 0) is 0 Å². The maximum absolute atomic E-state index is 10.5. The summed E-state index contributed by atoms with van der Waals surface area (Å²) in [6.45, 7) is 0. The van der Waals surface area contributed by atoms with Crippen LogP contribution in [0.25, 0.3) is 11.1 Å². The Labute approximate surface area is 109 Å². The number of benzene rings is 2. The molecule has 3 nitrogen and oxygen atoms in total. The first-order chi connectivity index (χ1) is 8.66. The summed E-state index contributed by atoms with van der Waals surface area (Å²) < 4.78 is 0. The topological polar surface area (TPSA) is 43.1 Å². The average molecular weight is 260 g/mol. The highest BCUT2D eigenvalue weighted by molar-refractivity contribution is 6.51. The third-order valence-electron chi connectivity index (χ3n) is 2.45. The maximum Gasteiger partial charge on any atom is 0.269 e. The Morgan fingerprint density at radius 1 is 1.06 bits per heavy atom. The molecular formula is C14H10ClNO2. The molecule has 0 spiro atoms. The third kappa shape index (κ3) is 2.96. The van der Waals surface area contributed by atoms with Gasteiger partial charge in [-0.2, -0.15) is 0 Å². The first-order valence-corrected chi connectivity index (χ1v) is 5.72. The summed E-state index contributed by atoms with van der Waals surface area (Å²) in [6, 6.07) is 15.8. The Morgan fingerprint density at radius 3 is 2.22 bits per heavy atom. The molecule has 0 fully saturated rings. The van der Waals surface area contributed by atoms with Crippen LogP contribution in [0.15, 0.2) is 54.6 Å². The van der Waals surface area contributed by atoms with Crippen molar-refractivity contribution in [3.8, 4) is 0 Å². The molecule has 4 heteroatoms. The van der Waals surface area contributed by atoms with Gasteiger partial charge >= 0.3 is 0 Å². The average Bonchev–Trinajstić information content (AvgIpc) is 2.40. The predicted molar refractivity (Wildman–Crippen MR) is 73.3 cm³/mol. The fourth-order valence-corrected chi connectivity index (χ4v) is 1.77. The summed E-state index contributed by atoms with van der Waals surface area (Å²) in [4.78, 5) is 10.1. The zero-order valence-corrected chi connectivity index (χ0v) is 10.2. The van der Waals surface area contributed by atoms with E-state index in [4.69, 9.17) is 11.6 Å². The van der Waals surface area contributed by atoms with Crippen LogP contribution < -0.4 is 0 Å². The molecule has 0 aliphatic heterocycles. The lowest BCUT2D eigenvalue weighted by molar-refractivity contribution is -0.384. The largest absolute Gasteiger partial charge is 0.269 e. The van der Waals surface area contributed by atoms with E-state index in [1.54, 1.807) is 18.2 Å². The van der Waals surface area contributed by atoms with Crippen molar-refractivity contribution in [1.82, 2.24) is 0 Å². The van der Waals surface area contributed by atoms with Gasteiger partial charge in [0.25, 0.3) is 5.69 Å². The first kappa shape index (κ1) is 12.3. The molecule has 0 aliphatic rings. The molecule has 0 radical (unpaired) electrons. The van der Waals surface area contributed by atoms with Crippen molar-refractivity contribution in [1.29, 1.82) is 0 Å². The highest BCUT2D eigenvalue weighted by atomic mass is 35.5. The van der Waals surface area contributed by atoms with Gasteiger partial charge in [-0.1, -0.05) is 41.9 Å². The van der Waals surface area contributed by atoms with Crippen molar-refractivity contribution >= 4 is 28.4 Å². The molecule has 0 unspecified atom stereocenters. The van der Waals surface area contributed by atoms with Gasteiger partial charge < -0.3 is 0 Å². The number of rotatable bonds is 3. The number of hydrogen-bond donors (Lipinski definition) is 0. The highest BCUT2D eigenvalue weighted by Crippen LogP contribution is 2.22. The molecule has 2 aromatic rings. The molecule has 0 N–H and O–H groups in total. The van der Waals surface area contributed by atoms with E-state index < -0.39 is 4.92 Å². The van der Waals surface area contributed by atoms with Crippen LogP contribution in [0.5, 0.6) is 0 Å². The maximum atomic E-state index is 10.5. The van der Waals surface area contributed by atoms with Crippen LogP contribution in [0, 0.1) is 10.1 Å². The van der Waals surface area contributed by atoms with Crippen molar-refractivity contribution in [3.05, 3.63) is 75.8 Å². The van der Waals surface area contributed by atoms with Gasteiger partial charge in [-0.25, -0.2) is 0 Å². The van der Waals surface area contributed by atoms with Crippen molar-refractivity contribution in [2.75, 3.05) is 0 Å². The minimum atomic E-state index is -0.424. The van der Waals surface area contributed by atoms with Gasteiger partial charge in [0.2, 0.25) is 0 Å². The Kier molecular flexibility index (Phi) is 3.75. The molecule has 2 aromatic carbocycles. The fourth-order valence-electron chi connectivity index (χ4n) is 1.52. The van der Waals surface area contributed by atoms with E-state index in [0.29, 0.717) is 5.03 Å². The summed E-state index contributed by atoms with van der Waals surface area (Å²) in [5.74, 6) is 0. The Morgan fingerprint density at radius 2 is 1.67 bits per heavy atom. The monoisotopic (exact) mass is 259 g/mol. The SMILES string of the molecule is O=[N+]([O-])c1ccc(/C=C(\Cl)c2ccccc2)cc1. The van der Waals surface area contributed by atoms with Crippen LogP contribution in [-0.4, -0.2) is 4.92 Å². The lowest BCUT2D eigenvalue weighted by atomic mass is 10.1. The fraction of sp³-hybridized carbons (Fsp3) is 0. The second kappa shape index (κ2) is 5.47. The molecule has 0 atom stereocenters. The van der Waals surface area contributed by atoms with Crippen molar-refractivity contribution < 1.29 is 4.92 Å². The van der Waals surface area contributed by atoms with E-state index in [1.165, 1.54) is 12.1 Å². The summed E-state index contributed by atoms with van der Waals surface area (Å²) in [5, 5.41) is 11.1. The number of hydrogen-bond acceptors (Lipinski definition) is 2. The van der Waals surface area contributed by atoms with E-state index in [2.05, 4.69) is 0 Å². The Bertz CT molecular complexity index is 577. The van der Waals surface area contributed by atoms with Crippen molar-refractivity contribution in [2.45, 2.75) is 0 Å². The van der Waals surface area contributed by atoms with E-state index in [-0.39, 0.29) is 5.69 Å². The number of non-ortho nitro benzene ring substituents is 1. The first-order valence-electron chi connectivity index (χ1n) is 5.34. The van der Waals surface area contributed by atoms with Gasteiger partial charge in [0.1, 0.15) is 0 Å². The van der Waals surface area contributed by atoms with Gasteiger partial charge in [-0.05, 0) is 29.3 Å². The lowest BCUT2D eigenvalue weighted by Gasteiger charge is -1.99. The molecule has 0 aliphatic carbocycles. The smallest absolute Gasteiger partial charge is 0.258 e. The van der Waals surface area contributed by atoms with Gasteiger partial charge in [0.05, 0.1) is 4.92 Å². The molecule has 0 saturated heterocycles. The zero-order valence-electron chi connectivity index (χ0n) is 9.42. The van der Waals surface area contributed by atoms with E-state index in [1.807, 2.05) is 30.3 Å². The van der Waals surface area contributed by atoms with Crippen LogP contribution >= 0.6 is 11.6 Å². The summed E-state index contributed by atoms with van der Waals surface area (Å²) in [5.41, 5.74) is 1.81. The molecule has 18 heavy (non-hydrogen) atoms. The van der Waals surface area contributed by atoms with Crippen molar-refractivity contribution in [2.24, 2.45) is 0 Å². The van der Waals surface area contributed by atoms with Crippen LogP contribution in [0.1, 0.15) is 11.1 Å². The predicted octanol–water partition coefficient (Wildman–Crippen LogP) is 4.33. The second-order valence-corrected chi connectivity index (χ2v) is 4.11. The zero-order chi connectivity index (χ0) is 13.0. The molecular weight excluding hydrogens is 250 g/mol. The Balaban J connectivity index is 2.25. The minimum Gasteiger partial charge on any atom is -0.258 e. The summed E-state index contributed by atoms with van der Waals surface area (Å²) in [6.07, 6.45) is 1.78. The molecule has 2 rings (SSSR count). The molecule has 0 saturated carbocycles. The van der Waals surface area contributed by atoms with Crippen LogP contribution in [0.3, 0.4) is 0 Å². The quantitative estimate of drug-likeness (QED) is 0.468. The molecule has 90 valence electrons. The van der Waals surface area contributed by atoms with Crippen molar-refractivity contribution in [3.63, 3.8) is 0 Å². The Hall–Kier alpha value is -2.13. The molecule has 0 aromatic heterocycles. The van der Waals surface area contributed by atoms with Gasteiger partial charge in [0.15, 0.2) is 0 Å². The summed E-state index contributed by atoms with van der Waals surface area (Å²) >= 11 is 6.17. The minimum absolute atomic E-state index is 0.0722. The van der Waals surface area contributed by atoms with E-state index >= 15 is 0 Å². The standard InChI is InChI=1S/C14H10ClNO2/c15-14(12-4-2-1-3-5-12)10-11-6-8-13(9-7-11)16(17)18/h1-10H/b14-10-. The number of halogens is 1. The molecule has 0 amide bonds. The lowest BCUT2D eigenvalue weighted by Crippen LogP contribution is -1.86. The third-order valence-corrected chi connectivity index (χ3v) is 2.77. The number of nitrogens with zero attached hydrogens (tertiary/aromatic N) is 1. The van der Waals surface area contributed by atoms with Crippen LogP contribution in [0.4, 0.5) is 5.69 Å². The van der Waals surface area contributed by atoms with Gasteiger partial charge in [-0.3, -0.25) is 10.1 Å². The highest BCUT2D eigenvalue weighted by Gasteiger charge is 2.03. The second-order valence-electron chi connectivity index (χ2n) is 3.71.